The second kappa shape index (κ2) is 8.82. The first kappa shape index (κ1) is 21.1. The Morgan fingerprint density at radius 3 is 2.43 bits per heavy atom. The van der Waals surface area contributed by atoms with Crippen LogP contribution in [-0.2, 0) is 4.79 Å². The molecule has 2 heterocycles. The van der Waals surface area contributed by atoms with E-state index in [2.05, 4.69) is 14.7 Å². The van der Waals surface area contributed by atoms with E-state index in [0.29, 0.717) is 11.3 Å². The molecule has 1 unspecified atom stereocenters. The maximum absolute atomic E-state index is 12.8. The number of ketones is 1. The van der Waals surface area contributed by atoms with Gasteiger partial charge in [-0.25, -0.2) is 9.97 Å². The number of anilines is 3. The Morgan fingerprint density at radius 1 is 1.17 bits per heavy atom. The Balaban J connectivity index is 1.99. The molecule has 0 fully saturated rings. The molecule has 3 rings (SSSR count). The van der Waals surface area contributed by atoms with Crippen molar-refractivity contribution in [1.29, 1.82) is 0 Å². The number of halogens is 2. The highest BCUT2D eigenvalue weighted by Gasteiger charge is 2.27. The van der Waals surface area contributed by atoms with E-state index in [4.69, 9.17) is 11.5 Å². The Kier molecular flexibility index (Phi) is 6.21. The summed E-state index contributed by atoms with van der Waals surface area (Å²) in [5, 5.41) is 0.224. The molecule has 8 nitrogen and oxygen atoms in total. The largest absolute Gasteiger partial charge is 0.417 e. The molecule has 3 aromatic rings. The number of nitrogens with two attached hydrogens (primary N) is 2. The van der Waals surface area contributed by atoms with Gasteiger partial charge in [0.25, 0.3) is 0 Å². The second-order valence-electron chi connectivity index (χ2n) is 6.09. The lowest BCUT2D eigenvalue weighted by molar-refractivity contribution is -0.118. The fraction of sp³-hybridized carbons (Fsp3) is 0.158. The molecule has 0 aliphatic carbocycles. The van der Waals surface area contributed by atoms with Crippen molar-refractivity contribution in [1.82, 2.24) is 9.97 Å². The van der Waals surface area contributed by atoms with Crippen molar-refractivity contribution >= 4 is 39.7 Å². The summed E-state index contributed by atoms with van der Waals surface area (Å²) in [4.78, 5) is 34.3. The zero-order valence-electron chi connectivity index (χ0n) is 15.7. The molecule has 4 N–H and O–H groups in total. The van der Waals surface area contributed by atoms with Crippen LogP contribution >= 0.6 is 11.3 Å². The fourth-order valence-electron chi connectivity index (χ4n) is 2.61. The summed E-state index contributed by atoms with van der Waals surface area (Å²) in [7, 11) is 0. The Hall–Kier alpha value is -3.60. The number of hydrogen-bond acceptors (Lipinski definition) is 8. The number of primary amides is 1. The lowest BCUT2D eigenvalue weighted by Crippen LogP contribution is -2.40. The molecule has 0 radical (unpaired) electrons. The third-order valence-electron chi connectivity index (χ3n) is 4.10. The Bertz CT molecular complexity index is 1040. The molecule has 0 aliphatic heterocycles. The second-order valence-corrected chi connectivity index (χ2v) is 7.06. The molecule has 0 saturated carbocycles. The Labute approximate surface area is 174 Å². The number of pyridine rings is 1. The van der Waals surface area contributed by atoms with Crippen molar-refractivity contribution in [2.24, 2.45) is 5.73 Å². The third kappa shape index (κ3) is 4.51. The van der Waals surface area contributed by atoms with Crippen LogP contribution in [0.3, 0.4) is 0 Å². The summed E-state index contributed by atoms with van der Waals surface area (Å²) in [6.45, 7) is -1.49. The minimum atomic E-state index is -3.02. The molecule has 30 heavy (non-hydrogen) atoms. The van der Waals surface area contributed by atoms with Gasteiger partial charge in [0.05, 0.1) is 11.9 Å². The van der Waals surface area contributed by atoms with Gasteiger partial charge in [-0.2, -0.15) is 8.78 Å². The van der Waals surface area contributed by atoms with E-state index >= 15 is 0 Å². The van der Waals surface area contributed by atoms with Crippen molar-refractivity contribution in [3.8, 4) is 5.88 Å². The smallest absolute Gasteiger partial charge is 0.388 e. The SMILES string of the molecule is CC(C(N)=O)N(c1ccc(OC(F)F)nc1)c1nc(N)c(C(=O)c2ccccc2)s1. The van der Waals surface area contributed by atoms with Gasteiger partial charge in [0, 0.05) is 11.6 Å². The molecule has 0 spiro atoms. The number of carbonyl (C=O) groups is 2. The van der Waals surface area contributed by atoms with Crippen LogP contribution in [0.1, 0.15) is 22.2 Å². The number of nitrogens with zero attached hydrogens (tertiary/aromatic N) is 3. The van der Waals surface area contributed by atoms with Crippen LogP contribution in [0.25, 0.3) is 0 Å². The molecule has 1 atom stereocenters. The van der Waals surface area contributed by atoms with Gasteiger partial charge in [0.15, 0.2) is 5.13 Å². The highest BCUT2D eigenvalue weighted by molar-refractivity contribution is 7.18. The van der Waals surface area contributed by atoms with E-state index < -0.39 is 18.6 Å². The number of carbonyl (C=O) groups excluding carboxylic acids is 2. The number of benzene rings is 1. The topological polar surface area (TPSA) is 124 Å². The molecule has 1 amide bonds. The van der Waals surface area contributed by atoms with Gasteiger partial charge in [0.2, 0.25) is 17.6 Å². The number of rotatable bonds is 8. The van der Waals surface area contributed by atoms with Gasteiger partial charge in [-0.3, -0.25) is 9.59 Å². The van der Waals surface area contributed by atoms with Gasteiger partial charge in [-0.1, -0.05) is 41.7 Å². The van der Waals surface area contributed by atoms with E-state index in [1.807, 2.05) is 0 Å². The minimum absolute atomic E-state index is 0.00358. The molecule has 0 bridgehead atoms. The molecular weight excluding hydrogens is 416 g/mol. The first-order valence-electron chi connectivity index (χ1n) is 8.63. The van der Waals surface area contributed by atoms with Crippen LogP contribution in [0.4, 0.5) is 25.4 Å². The molecule has 0 saturated heterocycles. The zero-order chi connectivity index (χ0) is 21.8. The lowest BCUT2D eigenvalue weighted by atomic mass is 10.1. The summed E-state index contributed by atoms with van der Waals surface area (Å²) >= 11 is 0.979. The number of ether oxygens (including phenoxy) is 1. The summed E-state index contributed by atoms with van der Waals surface area (Å²) in [6.07, 6.45) is 1.23. The number of amides is 1. The van der Waals surface area contributed by atoms with Crippen LogP contribution in [0.2, 0.25) is 0 Å². The normalized spacial score (nSPS) is 11.9. The quantitative estimate of drug-likeness (QED) is 0.523. The molecule has 2 aromatic heterocycles. The first-order chi connectivity index (χ1) is 14.3. The maximum atomic E-state index is 12.8. The van der Waals surface area contributed by atoms with Crippen molar-refractivity contribution in [3.05, 3.63) is 59.1 Å². The van der Waals surface area contributed by atoms with Crippen molar-refractivity contribution in [2.75, 3.05) is 10.6 Å². The monoisotopic (exact) mass is 433 g/mol. The highest BCUT2D eigenvalue weighted by atomic mass is 32.1. The average Bonchev–Trinajstić information content (AvgIpc) is 3.10. The van der Waals surface area contributed by atoms with Gasteiger partial charge in [-0.15, -0.1) is 0 Å². The summed E-state index contributed by atoms with van der Waals surface area (Å²) in [5.41, 5.74) is 12.2. The minimum Gasteiger partial charge on any atom is -0.417 e. The van der Waals surface area contributed by atoms with Crippen molar-refractivity contribution in [3.63, 3.8) is 0 Å². The van der Waals surface area contributed by atoms with Gasteiger partial charge in [0.1, 0.15) is 16.7 Å². The molecule has 1 aromatic carbocycles. The van der Waals surface area contributed by atoms with Crippen LogP contribution in [-0.4, -0.2) is 34.3 Å². The van der Waals surface area contributed by atoms with Crippen LogP contribution in [0.15, 0.2) is 48.7 Å². The predicted molar refractivity (Wildman–Crippen MR) is 108 cm³/mol. The van der Waals surface area contributed by atoms with E-state index in [-0.39, 0.29) is 27.5 Å². The van der Waals surface area contributed by atoms with E-state index in [0.717, 1.165) is 11.3 Å². The predicted octanol–water partition coefficient (Wildman–Crippen LogP) is 2.96. The maximum Gasteiger partial charge on any atom is 0.388 e. The van der Waals surface area contributed by atoms with E-state index in [1.54, 1.807) is 30.3 Å². The Morgan fingerprint density at radius 2 is 1.87 bits per heavy atom. The standard InChI is InChI=1S/C19H17F2N5O3S/c1-10(17(23)28)26(12-7-8-13(24-9-12)29-18(20)21)19-25-16(22)15(30-19)14(27)11-5-3-2-4-6-11/h2-10,18H,22H2,1H3,(H2,23,28). The van der Waals surface area contributed by atoms with Crippen LogP contribution in [0, 0.1) is 0 Å². The molecule has 11 heteroatoms. The summed E-state index contributed by atoms with van der Waals surface area (Å²) in [5.74, 6) is -1.29. The van der Waals surface area contributed by atoms with Crippen LogP contribution in [0.5, 0.6) is 5.88 Å². The van der Waals surface area contributed by atoms with Crippen LogP contribution < -0.4 is 21.1 Å². The number of aromatic nitrogens is 2. The lowest BCUT2D eigenvalue weighted by Gasteiger charge is -2.26. The van der Waals surface area contributed by atoms with Gasteiger partial charge >= 0.3 is 6.61 Å². The molecular formula is C19H17F2N5O3S. The number of alkyl halides is 2. The van der Waals surface area contributed by atoms with E-state index in [1.165, 1.54) is 30.2 Å². The van der Waals surface area contributed by atoms with Crippen molar-refractivity contribution < 1.29 is 23.1 Å². The zero-order valence-corrected chi connectivity index (χ0v) is 16.5. The molecule has 156 valence electrons. The van der Waals surface area contributed by atoms with Gasteiger partial charge < -0.3 is 21.1 Å². The summed E-state index contributed by atoms with van der Waals surface area (Å²) in [6, 6.07) is 10.3. The number of hydrogen-bond donors (Lipinski definition) is 2. The summed E-state index contributed by atoms with van der Waals surface area (Å²) < 4.78 is 28.9. The van der Waals surface area contributed by atoms with E-state index in [9.17, 15) is 18.4 Å². The molecule has 0 aliphatic rings. The van der Waals surface area contributed by atoms with Crippen molar-refractivity contribution in [2.45, 2.75) is 19.6 Å². The first-order valence-corrected chi connectivity index (χ1v) is 9.45. The third-order valence-corrected chi connectivity index (χ3v) is 5.17. The highest BCUT2D eigenvalue weighted by Crippen LogP contribution is 2.36. The number of nitrogen functional groups attached to an aromatic ring is 1. The fourth-order valence-corrected chi connectivity index (χ4v) is 3.66. The average molecular weight is 433 g/mol. The number of thiazole rings is 1. The van der Waals surface area contributed by atoms with Gasteiger partial charge in [-0.05, 0) is 13.0 Å².